The molecule has 0 aliphatic carbocycles. The Hall–Kier alpha value is -3.03. The van der Waals surface area contributed by atoms with E-state index in [-0.39, 0.29) is 6.10 Å². The molecule has 2 N–H and O–H groups in total. The van der Waals surface area contributed by atoms with Gasteiger partial charge in [-0.05, 0) is 31.2 Å². The van der Waals surface area contributed by atoms with Gasteiger partial charge in [0, 0.05) is 41.6 Å². The number of benzene rings is 1. The number of fused-ring (bicyclic) bond motifs is 2. The molecular weight excluding hydrogens is 425 g/mol. The molecule has 30 heavy (non-hydrogen) atoms. The third-order valence-electron chi connectivity index (χ3n) is 4.92. The Morgan fingerprint density at radius 3 is 2.80 bits per heavy atom. The Bertz CT molecular complexity index is 1220. The first-order chi connectivity index (χ1) is 14.6. The minimum absolute atomic E-state index is 0.354. The van der Waals surface area contributed by atoms with Crippen LogP contribution in [0.1, 0.15) is 18.6 Å². The minimum atomic E-state index is -0.354. The van der Waals surface area contributed by atoms with E-state index in [9.17, 15) is 0 Å². The molecule has 0 radical (unpaired) electrons. The lowest BCUT2D eigenvalue weighted by molar-refractivity contribution is 0.227. The molecule has 152 valence electrons. The molecule has 5 rings (SSSR count). The highest BCUT2D eigenvalue weighted by Gasteiger charge is 2.18. The van der Waals surface area contributed by atoms with Crippen LogP contribution in [0.2, 0.25) is 10.0 Å². The maximum Gasteiger partial charge on any atom is 0.237 e. The summed E-state index contributed by atoms with van der Waals surface area (Å²) in [6, 6.07) is 7.74. The van der Waals surface area contributed by atoms with E-state index in [1.165, 1.54) is 0 Å². The van der Waals surface area contributed by atoms with Gasteiger partial charge in [0.25, 0.3) is 0 Å². The zero-order valence-electron chi connectivity index (χ0n) is 15.9. The van der Waals surface area contributed by atoms with Crippen molar-refractivity contribution in [1.82, 2.24) is 20.2 Å². The molecule has 0 unspecified atom stereocenters. The van der Waals surface area contributed by atoms with Crippen LogP contribution in [0.3, 0.4) is 0 Å². The molecule has 1 atom stereocenters. The predicted molar refractivity (Wildman–Crippen MR) is 117 cm³/mol. The molecule has 1 aromatic carbocycles. The van der Waals surface area contributed by atoms with E-state index in [2.05, 4.69) is 25.5 Å². The van der Waals surface area contributed by atoms with Gasteiger partial charge in [0.05, 0.1) is 21.2 Å². The number of anilines is 1. The van der Waals surface area contributed by atoms with Crippen molar-refractivity contribution < 1.29 is 9.47 Å². The Morgan fingerprint density at radius 1 is 1.13 bits per heavy atom. The van der Waals surface area contributed by atoms with E-state index in [1.54, 1.807) is 18.6 Å². The van der Waals surface area contributed by atoms with E-state index in [1.807, 2.05) is 31.2 Å². The van der Waals surface area contributed by atoms with E-state index in [4.69, 9.17) is 32.7 Å². The van der Waals surface area contributed by atoms with E-state index in [0.717, 1.165) is 34.4 Å². The molecule has 4 aromatic rings. The Labute approximate surface area is 182 Å². The van der Waals surface area contributed by atoms with Gasteiger partial charge in [-0.1, -0.05) is 23.2 Å². The lowest BCUT2D eigenvalue weighted by Crippen LogP contribution is -2.18. The smallest absolute Gasteiger partial charge is 0.237 e. The maximum absolute atomic E-state index is 6.27. The van der Waals surface area contributed by atoms with Gasteiger partial charge in [-0.25, -0.2) is 4.98 Å². The summed E-state index contributed by atoms with van der Waals surface area (Å²) in [4.78, 5) is 8.40. The van der Waals surface area contributed by atoms with Gasteiger partial charge >= 0.3 is 0 Å². The van der Waals surface area contributed by atoms with E-state index < -0.39 is 0 Å². The van der Waals surface area contributed by atoms with Gasteiger partial charge in [0.1, 0.15) is 24.2 Å². The second-order valence-electron chi connectivity index (χ2n) is 6.91. The van der Waals surface area contributed by atoms with Crippen molar-refractivity contribution in [3.63, 3.8) is 0 Å². The third-order valence-corrected chi connectivity index (χ3v) is 5.53. The summed E-state index contributed by atoms with van der Waals surface area (Å²) < 4.78 is 11.7. The number of hydrogen-bond acceptors (Lipinski definition) is 6. The number of ether oxygens (including phenoxy) is 2. The quantitative estimate of drug-likeness (QED) is 0.448. The van der Waals surface area contributed by atoms with Crippen LogP contribution < -0.4 is 14.8 Å². The first-order valence-electron chi connectivity index (χ1n) is 9.41. The number of pyridine rings is 2. The van der Waals surface area contributed by atoms with Gasteiger partial charge in [0.2, 0.25) is 5.88 Å². The molecule has 0 bridgehead atoms. The van der Waals surface area contributed by atoms with Crippen LogP contribution in [0.5, 0.6) is 11.6 Å². The van der Waals surface area contributed by atoms with Crippen molar-refractivity contribution in [3.8, 4) is 22.9 Å². The Morgan fingerprint density at radius 2 is 1.97 bits per heavy atom. The summed E-state index contributed by atoms with van der Waals surface area (Å²) in [6.45, 7) is 3.25. The molecule has 7 nitrogen and oxygen atoms in total. The van der Waals surface area contributed by atoms with Crippen LogP contribution in [0.4, 0.5) is 5.69 Å². The topological polar surface area (TPSA) is 85.0 Å². The molecule has 0 saturated carbocycles. The first kappa shape index (κ1) is 19.0. The average Bonchev–Trinajstić information content (AvgIpc) is 3.16. The molecule has 1 aliphatic rings. The molecule has 0 saturated heterocycles. The van der Waals surface area contributed by atoms with Gasteiger partial charge in [-0.2, -0.15) is 5.10 Å². The van der Waals surface area contributed by atoms with Gasteiger partial charge in [-0.15, -0.1) is 0 Å². The van der Waals surface area contributed by atoms with Crippen molar-refractivity contribution in [2.75, 3.05) is 18.5 Å². The van der Waals surface area contributed by atoms with Gasteiger partial charge in [0.15, 0.2) is 0 Å². The number of aromatic amines is 1. The van der Waals surface area contributed by atoms with Crippen LogP contribution in [-0.2, 0) is 0 Å². The number of nitrogens with zero attached hydrogens (tertiary/aromatic N) is 3. The van der Waals surface area contributed by atoms with Crippen LogP contribution >= 0.6 is 23.2 Å². The summed E-state index contributed by atoms with van der Waals surface area (Å²) in [5.74, 6) is 1.28. The molecular formula is C21H17Cl2N5O2. The molecule has 1 aliphatic heterocycles. The summed E-state index contributed by atoms with van der Waals surface area (Å²) in [7, 11) is 0. The number of aromatic nitrogens is 4. The average molecular weight is 442 g/mol. The van der Waals surface area contributed by atoms with E-state index in [0.29, 0.717) is 33.8 Å². The van der Waals surface area contributed by atoms with Crippen molar-refractivity contribution in [1.29, 1.82) is 0 Å². The molecule has 4 heterocycles. The molecule has 0 spiro atoms. The normalized spacial score (nSPS) is 14.0. The van der Waals surface area contributed by atoms with Crippen LogP contribution in [0, 0.1) is 0 Å². The highest BCUT2D eigenvalue weighted by molar-refractivity contribution is 6.35. The lowest BCUT2D eigenvalue weighted by atomic mass is 10.1. The van der Waals surface area contributed by atoms with Crippen molar-refractivity contribution >= 4 is 39.8 Å². The molecule has 0 fully saturated rings. The number of hydrogen-bond donors (Lipinski definition) is 2. The number of rotatable bonds is 4. The Balaban J connectivity index is 1.49. The van der Waals surface area contributed by atoms with Crippen LogP contribution in [-0.4, -0.2) is 33.3 Å². The fraction of sp³-hybridized carbons (Fsp3) is 0.190. The first-order valence-corrected chi connectivity index (χ1v) is 10.2. The summed E-state index contributed by atoms with van der Waals surface area (Å²) in [5, 5.41) is 12.7. The molecule has 0 amide bonds. The SMILES string of the molecule is C[C@@H](Oc1ccc2[nH]nc(-c3cnc4c(c3)NCCO4)c2c1)c1c(Cl)cncc1Cl. The molecule has 9 heteroatoms. The van der Waals surface area contributed by atoms with Crippen LogP contribution in [0.25, 0.3) is 22.2 Å². The van der Waals surface area contributed by atoms with Gasteiger partial charge in [-0.3, -0.25) is 10.1 Å². The zero-order valence-corrected chi connectivity index (χ0v) is 17.5. The highest BCUT2D eigenvalue weighted by atomic mass is 35.5. The van der Waals surface area contributed by atoms with Crippen molar-refractivity contribution in [2.45, 2.75) is 13.0 Å². The molecule has 3 aromatic heterocycles. The second-order valence-corrected chi connectivity index (χ2v) is 7.72. The van der Waals surface area contributed by atoms with Crippen LogP contribution in [0.15, 0.2) is 42.9 Å². The fourth-order valence-corrected chi connectivity index (χ4v) is 4.19. The maximum atomic E-state index is 6.27. The summed E-state index contributed by atoms with van der Waals surface area (Å²) in [6.07, 6.45) is 4.52. The zero-order chi connectivity index (χ0) is 20.7. The lowest BCUT2D eigenvalue weighted by Gasteiger charge is -2.18. The number of H-pyrrole nitrogens is 1. The largest absolute Gasteiger partial charge is 0.486 e. The summed E-state index contributed by atoms with van der Waals surface area (Å²) in [5.41, 5.74) is 4.12. The summed E-state index contributed by atoms with van der Waals surface area (Å²) >= 11 is 12.5. The predicted octanol–water partition coefficient (Wildman–Crippen LogP) is 5.27. The second kappa shape index (κ2) is 7.66. The highest BCUT2D eigenvalue weighted by Crippen LogP contribution is 2.36. The fourth-order valence-electron chi connectivity index (χ4n) is 3.52. The minimum Gasteiger partial charge on any atom is -0.486 e. The standard InChI is InChI=1S/C21H17Cl2N5O2/c1-11(19-15(22)9-24-10-16(19)23)30-13-2-3-17-14(7-13)20(28-27-17)12-6-18-21(26-8-12)29-5-4-25-18/h2-3,6-11,25H,4-5H2,1H3,(H,27,28)/t11-/m1/s1. The third kappa shape index (κ3) is 3.40. The number of nitrogens with one attached hydrogen (secondary N) is 2. The van der Waals surface area contributed by atoms with Gasteiger partial charge < -0.3 is 14.8 Å². The number of halogens is 2. The Kier molecular flexibility index (Phi) is 4.84. The van der Waals surface area contributed by atoms with E-state index >= 15 is 0 Å². The van der Waals surface area contributed by atoms with Crippen molar-refractivity contribution in [2.24, 2.45) is 0 Å². The van der Waals surface area contributed by atoms with Crippen molar-refractivity contribution in [3.05, 3.63) is 58.5 Å². The monoisotopic (exact) mass is 441 g/mol.